The van der Waals surface area contributed by atoms with Gasteiger partial charge in [0.2, 0.25) is 0 Å². The molecule has 0 saturated carbocycles. The summed E-state index contributed by atoms with van der Waals surface area (Å²) < 4.78 is 7.09. The lowest BCUT2D eigenvalue weighted by Gasteiger charge is -2.12. The van der Waals surface area contributed by atoms with Gasteiger partial charge in [-0.15, -0.1) is 0 Å². The standard InChI is InChI=1S/C25H19N3O2/c1-16-12-19(6-7-20(16)17-4-3-5-18(13-17)25(29)30-2)28-23-8-10-26-14-21(23)22-15-27-11-9-24(22)28/h3-15H,1-2H3. The summed E-state index contributed by atoms with van der Waals surface area (Å²) in [6.07, 6.45) is 7.39. The molecule has 30 heavy (non-hydrogen) atoms. The Kier molecular flexibility index (Phi) is 4.29. The van der Waals surface area contributed by atoms with E-state index >= 15 is 0 Å². The molecule has 0 bridgehead atoms. The van der Waals surface area contributed by atoms with Crippen LogP contribution in [-0.2, 0) is 4.74 Å². The number of fused-ring (bicyclic) bond motifs is 3. The van der Waals surface area contributed by atoms with Gasteiger partial charge in [0.25, 0.3) is 0 Å². The van der Waals surface area contributed by atoms with E-state index in [-0.39, 0.29) is 5.97 Å². The third kappa shape index (κ3) is 2.83. The van der Waals surface area contributed by atoms with Crippen molar-refractivity contribution < 1.29 is 9.53 Å². The molecule has 0 aliphatic carbocycles. The summed E-state index contributed by atoms with van der Waals surface area (Å²) >= 11 is 0. The van der Waals surface area contributed by atoms with Crippen molar-refractivity contribution in [2.45, 2.75) is 6.92 Å². The van der Waals surface area contributed by atoms with Gasteiger partial charge in [0.15, 0.2) is 0 Å². The van der Waals surface area contributed by atoms with Crippen molar-refractivity contribution in [3.63, 3.8) is 0 Å². The van der Waals surface area contributed by atoms with Crippen molar-refractivity contribution in [3.05, 3.63) is 90.5 Å². The number of hydrogen-bond donors (Lipinski definition) is 0. The predicted molar refractivity (Wildman–Crippen MR) is 118 cm³/mol. The fraction of sp³-hybridized carbons (Fsp3) is 0.0800. The van der Waals surface area contributed by atoms with E-state index in [2.05, 4.69) is 39.7 Å². The molecule has 5 rings (SSSR count). The molecule has 3 heterocycles. The summed E-state index contributed by atoms with van der Waals surface area (Å²) in [7, 11) is 1.39. The van der Waals surface area contributed by atoms with Crippen LogP contribution in [0.1, 0.15) is 15.9 Å². The Labute approximate surface area is 173 Å². The first-order valence-corrected chi connectivity index (χ1v) is 9.65. The Morgan fingerprint density at radius 3 is 2.23 bits per heavy atom. The molecule has 5 heteroatoms. The van der Waals surface area contributed by atoms with Gasteiger partial charge in [0.05, 0.1) is 23.7 Å². The Morgan fingerprint density at radius 2 is 1.60 bits per heavy atom. The van der Waals surface area contributed by atoms with Crippen LogP contribution >= 0.6 is 0 Å². The van der Waals surface area contributed by atoms with Gasteiger partial charge in [0, 0.05) is 41.2 Å². The second kappa shape index (κ2) is 7.12. The van der Waals surface area contributed by atoms with Crippen molar-refractivity contribution in [2.75, 3.05) is 7.11 Å². The number of esters is 1. The molecular formula is C25H19N3O2. The molecule has 146 valence electrons. The summed E-state index contributed by atoms with van der Waals surface area (Å²) in [5.41, 5.74) is 6.97. The highest BCUT2D eigenvalue weighted by Crippen LogP contribution is 2.33. The van der Waals surface area contributed by atoms with E-state index in [0.717, 1.165) is 44.2 Å². The van der Waals surface area contributed by atoms with Crippen LogP contribution < -0.4 is 0 Å². The summed E-state index contributed by atoms with van der Waals surface area (Å²) in [5.74, 6) is -0.335. The first kappa shape index (κ1) is 18.1. The summed E-state index contributed by atoms with van der Waals surface area (Å²) in [4.78, 5) is 20.5. The molecule has 2 aromatic carbocycles. The maximum absolute atomic E-state index is 11.9. The molecule has 0 radical (unpaired) electrons. The zero-order valence-corrected chi connectivity index (χ0v) is 16.7. The van der Waals surface area contributed by atoms with E-state index in [1.54, 1.807) is 6.07 Å². The van der Waals surface area contributed by atoms with Crippen molar-refractivity contribution >= 4 is 27.8 Å². The van der Waals surface area contributed by atoms with E-state index in [9.17, 15) is 4.79 Å². The zero-order valence-electron chi connectivity index (χ0n) is 16.7. The minimum absolute atomic E-state index is 0.335. The Balaban J connectivity index is 1.67. The van der Waals surface area contributed by atoms with Crippen molar-refractivity contribution in [2.24, 2.45) is 0 Å². The van der Waals surface area contributed by atoms with E-state index in [1.807, 2.05) is 55.1 Å². The molecule has 3 aromatic heterocycles. The van der Waals surface area contributed by atoms with Crippen LogP contribution in [0.5, 0.6) is 0 Å². The number of carbonyl (C=O) groups is 1. The van der Waals surface area contributed by atoms with Gasteiger partial charge in [-0.25, -0.2) is 4.79 Å². The first-order chi connectivity index (χ1) is 14.7. The highest BCUT2D eigenvalue weighted by molar-refractivity contribution is 6.08. The third-order valence-corrected chi connectivity index (χ3v) is 5.43. The minimum atomic E-state index is -0.335. The van der Waals surface area contributed by atoms with Gasteiger partial charge in [-0.2, -0.15) is 0 Å². The summed E-state index contributed by atoms with van der Waals surface area (Å²) in [5, 5.41) is 2.15. The van der Waals surface area contributed by atoms with Gasteiger partial charge in [-0.3, -0.25) is 9.97 Å². The van der Waals surface area contributed by atoms with Gasteiger partial charge in [-0.1, -0.05) is 18.2 Å². The SMILES string of the molecule is COC(=O)c1cccc(-c2ccc(-n3c4ccncc4c4cnccc43)cc2C)c1. The Bertz CT molecular complexity index is 1370. The summed E-state index contributed by atoms with van der Waals surface area (Å²) in [6.45, 7) is 2.08. The number of carbonyl (C=O) groups excluding carboxylic acids is 1. The lowest BCUT2D eigenvalue weighted by molar-refractivity contribution is 0.0601. The van der Waals surface area contributed by atoms with E-state index in [0.29, 0.717) is 5.56 Å². The molecular weight excluding hydrogens is 374 g/mol. The van der Waals surface area contributed by atoms with Crippen LogP contribution in [0.4, 0.5) is 0 Å². The summed E-state index contributed by atoms with van der Waals surface area (Å²) in [6, 6.07) is 17.9. The molecule has 0 N–H and O–H groups in total. The zero-order chi connectivity index (χ0) is 20.7. The highest BCUT2D eigenvalue weighted by atomic mass is 16.5. The van der Waals surface area contributed by atoms with E-state index < -0.39 is 0 Å². The maximum Gasteiger partial charge on any atom is 0.337 e. The molecule has 0 aliphatic heterocycles. The number of aryl methyl sites for hydroxylation is 1. The topological polar surface area (TPSA) is 57.0 Å². The largest absolute Gasteiger partial charge is 0.465 e. The fourth-order valence-electron chi connectivity index (χ4n) is 4.03. The molecule has 0 spiro atoms. The van der Waals surface area contributed by atoms with E-state index in [4.69, 9.17) is 4.74 Å². The van der Waals surface area contributed by atoms with Crippen LogP contribution in [0.25, 0.3) is 38.6 Å². The average molecular weight is 393 g/mol. The van der Waals surface area contributed by atoms with Gasteiger partial charge in [0.1, 0.15) is 0 Å². The molecule has 0 amide bonds. The lowest BCUT2D eigenvalue weighted by atomic mass is 9.98. The van der Waals surface area contributed by atoms with Gasteiger partial charge >= 0.3 is 5.97 Å². The molecule has 5 aromatic rings. The molecule has 5 nitrogen and oxygen atoms in total. The van der Waals surface area contributed by atoms with Gasteiger partial charge < -0.3 is 9.30 Å². The third-order valence-electron chi connectivity index (χ3n) is 5.43. The molecule has 0 saturated heterocycles. The predicted octanol–water partition coefficient (Wildman–Crippen LogP) is 5.34. The lowest BCUT2D eigenvalue weighted by Crippen LogP contribution is -2.01. The smallest absolute Gasteiger partial charge is 0.337 e. The number of rotatable bonds is 3. The molecule has 0 aliphatic rings. The van der Waals surface area contributed by atoms with Crippen LogP contribution in [0.15, 0.2) is 79.4 Å². The second-order valence-corrected chi connectivity index (χ2v) is 7.19. The number of methoxy groups -OCH3 is 1. The number of ether oxygens (including phenoxy) is 1. The number of aromatic nitrogens is 3. The highest BCUT2D eigenvalue weighted by Gasteiger charge is 2.14. The van der Waals surface area contributed by atoms with Crippen LogP contribution in [-0.4, -0.2) is 27.6 Å². The molecule has 0 fully saturated rings. The second-order valence-electron chi connectivity index (χ2n) is 7.19. The maximum atomic E-state index is 11.9. The van der Waals surface area contributed by atoms with Crippen molar-refractivity contribution in [1.82, 2.24) is 14.5 Å². The number of benzene rings is 2. The normalized spacial score (nSPS) is 11.1. The minimum Gasteiger partial charge on any atom is -0.465 e. The van der Waals surface area contributed by atoms with Crippen molar-refractivity contribution in [3.8, 4) is 16.8 Å². The van der Waals surface area contributed by atoms with E-state index in [1.165, 1.54) is 7.11 Å². The number of pyridine rings is 2. The number of nitrogens with zero attached hydrogens (tertiary/aromatic N) is 3. The quantitative estimate of drug-likeness (QED) is 0.389. The van der Waals surface area contributed by atoms with Crippen LogP contribution in [0, 0.1) is 6.92 Å². The monoisotopic (exact) mass is 393 g/mol. The van der Waals surface area contributed by atoms with Crippen LogP contribution in [0.2, 0.25) is 0 Å². The van der Waals surface area contributed by atoms with Crippen LogP contribution in [0.3, 0.4) is 0 Å². The van der Waals surface area contributed by atoms with Gasteiger partial charge in [-0.05, 0) is 60.0 Å². The molecule has 0 unspecified atom stereocenters. The number of hydrogen-bond acceptors (Lipinski definition) is 4. The average Bonchev–Trinajstić information content (AvgIpc) is 3.13. The fourth-order valence-corrected chi connectivity index (χ4v) is 4.03. The first-order valence-electron chi connectivity index (χ1n) is 9.65. The Morgan fingerprint density at radius 1 is 0.900 bits per heavy atom. The van der Waals surface area contributed by atoms with Crippen molar-refractivity contribution in [1.29, 1.82) is 0 Å². The Hall–Kier alpha value is -3.99. The molecule has 0 atom stereocenters.